The minimum absolute atomic E-state index is 0.00285. The van der Waals surface area contributed by atoms with Crippen LogP contribution in [0.1, 0.15) is 43.6 Å². The van der Waals surface area contributed by atoms with Crippen LogP contribution in [0, 0.1) is 6.92 Å². The fourth-order valence-corrected chi connectivity index (χ4v) is 3.45. The Morgan fingerprint density at radius 1 is 1.17 bits per heavy atom. The number of furan rings is 1. The molecule has 3 aliphatic rings. The molecule has 0 bridgehead atoms. The first-order chi connectivity index (χ1) is 8.50. The Balaban J connectivity index is 1.71. The summed E-state index contributed by atoms with van der Waals surface area (Å²) in [5, 5.41) is 0. The normalized spacial score (nSPS) is 45.7. The van der Waals surface area contributed by atoms with Crippen molar-refractivity contribution in [2.45, 2.75) is 69.9 Å². The van der Waals surface area contributed by atoms with Crippen molar-refractivity contribution < 1.29 is 13.9 Å². The summed E-state index contributed by atoms with van der Waals surface area (Å²) in [6, 6.07) is 0. The van der Waals surface area contributed by atoms with E-state index in [9.17, 15) is 0 Å². The molecule has 0 amide bonds. The zero-order chi connectivity index (χ0) is 12.5. The second kappa shape index (κ2) is 3.20. The van der Waals surface area contributed by atoms with E-state index in [1.165, 1.54) is 11.1 Å². The Kier molecular flexibility index (Phi) is 1.97. The van der Waals surface area contributed by atoms with E-state index in [4.69, 9.17) is 13.9 Å². The quantitative estimate of drug-likeness (QED) is 0.663. The molecule has 1 aromatic heterocycles. The Bertz CT molecular complexity index is 506. The predicted octanol–water partition coefficient (Wildman–Crippen LogP) is 2.78. The van der Waals surface area contributed by atoms with Crippen LogP contribution in [0.3, 0.4) is 0 Å². The lowest BCUT2D eigenvalue weighted by Gasteiger charge is -2.11. The molecule has 2 saturated heterocycles. The van der Waals surface area contributed by atoms with Crippen molar-refractivity contribution in [3.05, 3.63) is 23.2 Å². The van der Waals surface area contributed by atoms with Crippen molar-refractivity contribution in [1.82, 2.24) is 0 Å². The Morgan fingerprint density at radius 2 is 1.94 bits per heavy atom. The second-order valence-electron chi connectivity index (χ2n) is 6.58. The van der Waals surface area contributed by atoms with E-state index >= 15 is 0 Å². The van der Waals surface area contributed by atoms with E-state index in [1.54, 1.807) is 0 Å². The molecule has 3 heterocycles. The van der Waals surface area contributed by atoms with E-state index in [0.29, 0.717) is 12.2 Å². The SMILES string of the molecule is Cc1coc2c1C[C@H]1O[C@@]1(C)CC[C@H]1O[C@]1(C)C2. The molecular formula is C15H20O3. The second-order valence-corrected chi connectivity index (χ2v) is 6.58. The summed E-state index contributed by atoms with van der Waals surface area (Å²) >= 11 is 0. The number of aryl methyl sites for hydroxylation is 1. The van der Waals surface area contributed by atoms with Gasteiger partial charge in [0.25, 0.3) is 0 Å². The van der Waals surface area contributed by atoms with Crippen LogP contribution in [0.15, 0.2) is 10.7 Å². The largest absolute Gasteiger partial charge is 0.469 e. The number of ether oxygens (including phenoxy) is 2. The van der Waals surface area contributed by atoms with Gasteiger partial charge < -0.3 is 13.9 Å². The standard InChI is InChI=1S/C15H20O3/c1-9-8-16-11-7-15(3)12(17-15)4-5-14(2)13(18-14)6-10(9)11/h8,12-13H,4-7H2,1-3H3/t12-,13-,14+,15-/m1/s1. The van der Waals surface area contributed by atoms with Gasteiger partial charge in [0.15, 0.2) is 0 Å². The zero-order valence-corrected chi connectivity index (χ0v) is 11.3. The molecule has 4 atom stereocenters. The number of rotatable bonds is 0. The highest BCUT2D eigenvalue weighted by atomic mass is 16.6. The van der Waals surface area contributed by atoms with Crippen LogP contribution in [0.5, 0.6) is 0 Å². The van der Waals surface area contributed by atoms with E-state index in [1.807, 2.05) is 6.26 Å². The topological polar surface area (TPSA) is 38.2 Å². The first-order valence-corrected chi connectivity index (χ1v) is 6.92. The fraction of sp³-hybridized carbons (Fsp3) is 0.733. The lowest BCUT2D eigenvalue weighted by atomic mass is 9.88. The summed E-state index contributed by atoms with van der Waals surface area (Å²) in [5.74, 6) is 1.11. The monoisotopic (exact) mass is 248 g/mol. The van der Waals surface area contributed by atoms with Crippen molar-refractivity contribution in [2.75, 3.05) is 0 Å². The van der Waals surface area contributed by atoms with Crippen LogP contribution in [-0.4, -0.2) is 23.4 Å². The average molecular weight is 248 g/mol. The predicted molar refractivity (Wildman–Crippen MR) is 66.6 cm³/mol. The van der Waals surface area contributed by atoms with Gasteiger partial charge in [0.1, 0.15) is 5.76 Å². The highest BCUT2D eigenvalue weighted by molar-refractivity contribution is 5.32. The van der Waals surface area contributed by atoms with Crippen LogP contribution in [0.4, 0.5) is 0 Å². The van der Waals surface area contributed by atoms with Crippen LogP contribution < -0.4 is 0 Å². The molecular weight excluding hydrogens is 228 g/mol. The maximum Gasteiger partial charge on any atom is 0.110 e. The number of fused-ring (bicyclic) bond motifs is 3. The smallest absolute Gasteiger partial charge is 0.110 e. The molecule has 2 fully saturated rings. The first kappa shape index (κ1) is 11.1. The molecule has 0 spiro atoms. The van der Waals surface area contributed by atoms with E-state index < -0.39 is 0 Å². The molecule has 0 aromatic carbocycles. The van der Waals surface area contributed by atoms with Gasteiger partial charge in [-0.2, -0.15) is 0 Å². The lowest BCUT2D eigenvalue weighted by Crippen LogP contribution is -2.20. The van der Waals surface area contributed by atoms with E-state index in [2.05, 4.69) is 20.8 Å². The molecule has 3 nitrogen and oxygen atoms in total. The third kappa shape index (κ3) is 1.50. The number of hydrogen-bond donors (Lipinski definition) is 0. The van der Waals surface area contributed by atoms with Crippen molar-refractivity contribution in [3.63, 3.8) is 0 Å². The van der Waals surface area contributed by atoms with Crippen LogP contribution in [0.2, 0.25) is 0 Å². The van der Waals surface area contributed by atoms with Crippen molar-refractivity contribution in [3.8, 4) is 0 Å². The molecule has 3 heteroatoms. The van der Waals surface area contributed by atoms with Gasteiger partial charge in [-0.15, -0.1) is 0 Å². The highest BCUT2D eigenvalue weighted by Crippen LogP contribution is 2.50. The Morgan fingerprint density at radius 3 is 2.78 bits per heavy atom. The van der Waals surface area contributed by atoms with Gasteiger partial charge in [-0.25, -0.2) is 0 Å². The number of hydrogen-bond acceptors (Lipinski definition) is 3. The molecule has 0 N–H and O–H groups in total. The third-order valence-corrected chi connectivity index (χ3v) is 5.07. The van der Waals surface area contributed by atoms with Gasteiger partial charge in [0.05, 0.1) is 29.7 Å². The molecule has 18 heavy (non-hydrogen) atoms. The summed E-state index contributed by atoms with van der Waals surface area (Å²) in [7, 11) is 0. The van der Waals surface area contributed by atoms with Gasteiger partial charge in [0, 0.05) is 12.8 Å². The van der Waals surface area contributed by atoms with Crippen LogP contribution in [0.25, 0.3) is 0 Å². The van der Waals surface area contributed by atoms with Crippen molar-refractivity contribution in [1.29, 1.82) is 0 Å². The molecule has 98 valence electrons. The molecule has 0 saturated carbocycles. The van der Waals surface area contributed by atoms with Gasteiger partial charge in [-0.3, -0.25) is 0 Å². The van der Waals surface area contributed by atoms with Gasteiger partial charge in [-0.05, 0) is 44.7 Å². The minimum atomic E-state index is -0.00285. The number of epoxide rings is 2. The minimum Gasteiger partial charge on any atom is -0.469 e. The molecule has 0 radical (unpaired) electrons. The summed E-state index contributed by atoms with van der Waals surface area (Å²) in [5.41, 5.74) is 2.67. The van der Waals surface area contributed by atoms with Crippen molar-refractivity contribution in [2.24, 2.45) is 0 Å². The molecule has 2 aliphatic heterocycles. The molecule has 1 aliphatic carbocycles. The zero-order valence-electron chi connectivity index (χ0n) is 11.3. The van der Waals surface area contributed by atoms with Gasteiger partial charge in [-0.1, -0.05) is 0 Å². The molecule has 1 aromatic rings. The lowest BCUT2D eigenvalue weighted by molar-refractivity contribution is 0.268. The molecule has 4 rings (SSSR count). The Labute approximate surface area is 107 Å². The van der Waals surface area contributed by atoms with Gasteiger partial charge >= 0.3 is 0 Å². The highest BCUT2D eigenvalue weighted by Gasteiger charge is 2.58. The van der Waals surface area contributed by atoms with E-state index in [-0.39, 0.29) is 11.2 Å². The maximum absolute atomic E-state index is 5.92. The summed E-state index contributed by atoms with van der Waals surface area (Å²) in [6.07, 6.45) is 6.76. The van der Waals surface area contributed by atoms with Crippen LogP contribution in [-0.2, 0) is 22.3 Å². The Hall–Kier alpha value is -0.800. The third-order valence-electron chi connectivity index (χ3n) is 5.07. The average Bonchev–Trinajstić information content (AvgIpc) is 3.11. The van der Waals surface area contributed by atoms with Crippen LogP contribution >= 0.6 is 0 Å². The maximum atomic E-state index is 5.92. The summed E-state index contributed by atoms with van der Waals surface area (Å²) in [4.78, 5) is 0. The first-order valence-electron chi connectivity index (χ1n) is 6.92. The summed E-state index contributed by atoms with van der Waals surface area (Å²) < 4.78 is 17.6. The fourth-order valence-electron chi connectivity index (χ4n) is 3.45. The van der Waals surface area contributed by atoms with Gasteiger partial charge in [0.2, 0.25) is 0 Å². The summed E-state index contributed by atoms with van der Waals surface area (Å²) in [6.45, 7) is 6.56. The van der Waals surface area contributed by atoms with Crippen molar-refractivity contribution >= 4 is 0 Å². The molecule has 0 unspecified atom stereocenters. The van der Waals surface area contributed by atoms with E-state index in [0.717, 1.165) is 31.4 Å².